The highest BCUT2D eigenvalue weighted by Gasteiger charge is 2.49. The fourth-order valence-electron chi connectivity index (χ4n) is 6.73. The van der Waals surface area contributed by atoms with Crippen molar-refractivity contribution in [3.05, 3.63) is 52.8 Å². The van der Waals surface area contributed by atoms with Gasteiger partial charge in [0.25, 0.3) is 0 Å². The molecule has 0 aromatic carbocycles. The monoisotopic (exact) mass is 507 g/mol. The summed E-state index contributed by atoms with van der Waals surface area (Å²) >= 11 is 0. The molecule has 0 amide bonds. The minimum absolute atomic E-state index is 0.0465. The van der Waals surface area contributed by atoms with Crippen molar-refractivity contribution in [2.24, 2.45) is 11.3 Å². The molecule has 2 aliphatic heterocycles. The van der Waals surface area contributed by atoms with Crippen molar-refractivity contribution in [1.82, 2.24) is 15.6 Å². The fraction of sp³-hybridized carbons (Fsp3) is 0.679. The smallest absolute Gasteiger partial charge is 0.382 e. The SMILES string of the molecule is CC1NC([C@]2(CCNCc3cnc(C(F)(F)F)c(F)c3)CCOC3(CCCC3)C2)=CC=C1C1CCC1. The van der Waals surface area contributed by atoms with E-state index in [0.29, 0.717) is 24.1 Å². The van der Waals surface area contributed by atoms with Gasteiger partial charge in [-0.25, -0.2) is 9.37 Å². The molecule has 4 nitrogen and oxygen atoms in total. The molecule has 3 heterocycles. The highest BCUT2D eigenvalue weighted by molar-refractivity contribution is 5.33. The second-order valence-electron chi connectivity index (χ2n) is 11.3. The summed E-state index contributed by atoms with van der Waals surface area (Å²) in [6.45, 7) is 3.94. The summed E-state index contributed by atoms with van der Waals surface area (Å²) in [5.41, 5.74) is 1.64. The molecular weight excluding hydrogens is 470 g/mol. The van der Waals surface area contributed by atoms with Crippen molar-refractivity contribution < 1.29 is 22.3 Å². The average Bonchev–Trinajstić information content (AvgIpc) is 3.23. The highest BCUT2D eigenvalue weighted by atomic mass is 19.4. The zero-order chi connectivity index (χ0) is 25.4. The number of allylic oxidation sites excluding steroid dienone is 3. The number of alkyl halides is 3. The van der Waals surface area contributed by atoms with Crippen molar-refractivity contribution >= 4 is 0 Å². The van der Waals surface area contributed by atoms with E-state index < -0.39 is 17.7 Å². The van der Waals surface area contributed by atoms with Gasteiger partial charge in [0.05, 0.1) is 5.60 Å². The molecule has 1 saturated heterocycles. The predicted molar refractivity (Wildman–Crippen MR) is 130 cm³/mol. The van der Waals surface area contributed by atoms with E-state index in [2.05, 4.69) is 34.7 Å². The number of hydrogen-bond donors (Lipinski definition) is 2. The van der Waals surface area contributed by atoms with E-state index in [1.54, 1.807) is 0 Å². The van der Waals surface area contributed by atoms with Gasteiger partial charge in [-0.2, -0.15) is 13.2 Å². The van der Waals surface area contributed by atoms with E-state index in [1.807, 2.05) is 0 Å². The first-order valence-electron chi connectivity index (χ1n) is 13.4. The third-order valence-electron chi connectivity index (χ3n) is 8.90. The summed E-state index contributed by atoms with van der Waals surface area (Å²) in [6, 6.07) is 1.25. The summed E-state index contributed by atoms with van der Waals surface area (Å²) in [5, 5.41) is 7.20. The second-order valence-corrected chi connectivity index (χ2v) is 11.3. The molecule has 2 saturated carbocycles. The van der Waals surface area contributed by atoms with Crippen LogP contribution in [-0.2, 0) is 17.5 Å². The molecule has 5 rings (SSSR count). The van der Waals surface area contributed by atoms with Crippen molar-refractivity contribution in [3.8, 4) is 0 Å². The minimum atomic E-state index is -4.79. The summed E-state index contributed by atoms with van der Waals surface area (Å²) in [5.74, 6) is -0.623. The van der Waals surface area contributed by atoms with E-state index in [9.17, 15) is 17.6 Å². The molecule has 0 radical (unpaired) electrons. The Kier molecular flexibility index (Phi) is 7.20. The van der Waals surface area contributed by atoms with E-state index >= 15 is 0 Å². The molecule has 1 aromatic heterocycles. The van der Waals surface area contributed by atoms with Crippen LogP contribution in [0.5, 0.6) is 0 Å². The van der Waals surface area contributed by atoms with Crippen molar-refractivity contribution in [2.45, 2.75) is 95.5 Å². The van der Waals surface area contributed by atoms with Gasteiger partial charge < -0.3 is 15.4 Å². The molecule has 1 unspecified atom stereocenters. The zero-order valence-corrected chi connectivity index (χ0v) is 21.0. The molecule has 4 aliphatic rings. The minimum Gasteiger partial charge on any atom is -0.382 e. The normalized spacial score (nSPS) is 28.4. The van der Waals surface area contributed by atoms with Gasteiger partial charge in [0.1, 0.15) is 0 Å². The Bertz CT molecular complexity index is 1010. The van der Waals surface area contributed by atoms with Crippen LogP contribution in [0.25, 0.3) is 0 Å². The quantitative estimate of drug-likeness (QED) is 0.330. The molecule has 1 spiro atoms. The number of pyridine rings is 1. The lowest BCUT2D eigenvalue weighted by Gasteiger charge is -2.49. The molecule has 2 aliphatic carbocycles. The third kappa shape index (κ3) is 5.21. The van der Waals surface area contributed by atoms with Crippen LogP contribution in [-0.4, -0.2) is 29.8 Å². The molecule has 0 bridgehead atoms. The van der Waals surface area contributed by atoms with Gasteiger partial charge in [0, 0.05) is 36.5 Å². The standard InChI is InChI=1S/C28H37F4N3O/c1-19-22(21-5-4-6-21)7-8-24(35-19)26(12-14-36-27(18-26)9-2-3-10-27)11-13-33-16-20-15-23(29)25(34-17-20)28(30,31)32/h7-8,15,17,19,21,33,35H,2-6,9-14,16,18H2,1H3/t19?,26-/m1/s1. The molecule has 2 N–H and O–H groups in total. The van der Waals surface area contributed by atoms with Crippen molar-refractivity contribution in [3.63, 3.8) is 0 Å². The van der Waals surface area contributed by atoms with Gasteiger partial charge in [0.15, 0.2) is 11.5 Å². The van der Waals surface area contributed by atoms with Gasteiger partial charge in [-0.15, -0.1) is 0 Å². The molecule has 36 heavy (non-hydrogen) atoms. The predicted octanol–water partition coefficient (Wildman–Crippen LogP) is 6.43. The van der Waals surface area contributed by atoms with Crippen LogP contribution in [0.1, 0.15) is 82.4 Å². The molecule has 3 fully saturated rings. The topological polar surface area (TPSA) is 46.2 Å². The number of hydrogen-bond acceptors (Lipinski definition) is 4. The maximum absolute atomic E-state index is 13.9. The van der Waals surface area contributed by atoms with Crippen LogP contribution in [0.3, 0.4) is 0 Å². The lowest BCUT2D eigenvalue weighted by molar-refractivity contribution is -0.143. The summed E-state index contributed by atoms with van der Waals surface area (Å²) in [6.07, 6.45) is 12.3. The van der Waals surface area contributed by atoms with Crippen LogP contribution >= 0.6 is 0 Å². The Balaban J connectivity index is 1.29. The first-order valence-corrected chi connectivity index (χ1v) is 13.4. The second kappa shape index (κ2) is 10.1. The van der Waals surface area contributed by atoms with Crippen LogP contribution < -0.4 is 10.6 Å². The van der Waals surface area contributed by atoms with Gasteiger partial charge in [-0.3, -0.25) is 0 Å². The third-order valence-corrected chi connectivity index (χ3v) is 8.90. The van der Waals surface area contributed by atoms with Gasteiger partial charge in [0.2, 0.25) is 0 Å². The largest absolute Gasteiger partial charge is 0.436 e. The summed E-state index contributed by atoms with van der Waals surface area (Å²) < 4.78 is 58.7. The van der Waals surface area contributed by atoms with Crippen LogP contribution in [0.2, 0.25) is 0 Å². The first kappa shape index (κ1) is 25.7. The number of ether oxygens (including phenoxy) is 1. The van der Waals surface area contributed by atoms with Gasteiger partial charge >= 0.3 is 6.18 Å². The maximum Gasteiger partial charge on any atom is 0.436 e. The van der Waals surface area contributed by atoms with Crippen molar-refractivity contribution in [2.75, 3.05) is 13.2 Å². The zero-order valence-electron chi connectivity index (χ0n) is 21.0. The Morgan fingerprint density at radius 3 is 2.56 bits per heavy atom. The fourth-order valence-corrected chi connectivity index (χ4v) is 6.73. The van der Waals surface area contributed by atoms with E-state index in [1.165, 1.54) is 43.4 Å². The summed E-state index contributed by atoms with van der Waals surface area (Å²) in [7, 11) is 0. The highest BCUT2D eigenvalue weighted by Crippen LogP contribution is 2.52. The van der Waals surface area contributed by atoms with Crippen LogP contribution in [0.15, 0.2) is 35.7 Å². The number of nitrogens with one attached hydrogen (secondary N) is 2. The summed E-state index contributed by atoms with van der Waals surface area (Å²) in [4.78, 5) is 3.31. The molecular formula is C28H37F4N3O. The first-order chi connectivity index (χ1) is 17.2. The Morgan fingerprint density at radius 1 is 1.14 bits per heavy atom. The number of rotatable bonds is 7. The van der Waals surface area contributed by atoms with Crippen molar-refractivity contribution in [1.29, 1.82) is 0 Å². The van der Waals surface area contributed by atoms with Gasteiger partial charge in [-0.05, 0) is 87.6 Å². The van der Waals surface area contributed by atoms with Crippen LogP contribution in [0, 0.1) is 17.2 Å². The van der Waals surface area contributed by atoms with E-state index in [0.717, 1.165) is 51.0 Å². The molecule has 1 aromatic rings. The Morgan fingerprint density at radius 2 is 1.92 bits per heavy atom. The molecule has 2 atom stereocenters. The van der Waals surface area contributed by atoms with Gasteiger partial charge in [-0.1, -0.05) is 25.3 Å². The lowest BCUT2D eigenvalue weighted by Crippen LogP contribution is -2.50. The Hall–Kier alpha value is -1.93. The number of nitrogens with zero attached hydrogens (tertiary/aromatic N) is 1. The number of halogens is 4. The van der Waals surface area contributed by atoms with Crippen LogP contribution in [0.4, 0.5) is 17.6 Å². The number of aromatic nitrogens is 1. The maximum atomic E-state index is 13.9. The lowest BCUT2D eigenvalue weighted by atomic mass is 9.66. The van der Waals surface area contributed by atoms with E-state index in [4.69, 9.17) is 4.74 Å². The van der Waals surface area contributed by atoms with E-state index in [-0.39, 0.29) is 17.6 Å². The molecule has 8 heteroatoms. The molecule has 198 valence electrons. The number of dihydropyridines is 1. The Labute approximate surface area is 211 Å². The average molecular weight is 508 g/mol.